The first-order valence-electron chi connectivity index (χ1n) is 12.6. The molecule has 3 heterocycles. The highest BCUT2D eigenvalue weighted by molar-refractivity contribution is 5.73. The van der Waals surface area contributed by atoms with E-state index in [1.165, 1.54) is 0 Å². The van der Waals surface area contributed by atoms with Crippen LogP contribution in [0.25, 0.3) is 0 Å². The zero-order valence-electron chi connectivity index (χ0n) is 21.7. The van der Waals surface area contributed by atoms with Gasteiger partial charge in [-0.25, -0.2) is 0 Å². The number of hydrogen-bond acceptors (Lipinski definition) is 16. The molecule has 0 radical (unpaired) electrons. The normalized spacial score (nSPS) is 46.0. The van der Waals surface area contributed by atoms with E-state index in [2.05, 4.69) is 10.6 Å². The lowest BCUT2D eigenvalue weighted by molar-refractivity contribution is -0.353. The molecular formula is C22H38N2O16. The van der Waals surface area contributed by atoms with Crippen LogP contribution in [0, 0.1) is 0 Å². The Kier molecular flexibility index (Phi) is 11.5. The van der Waals surface area contributed by atoms with Crippen molar-refractivity contribution in [1.29, 1.82) is 0 Å². The molecule has 232 valence electrons. The summed E-state index contributed by atoms with van der Waals surface area (Å²) in [6.07, 6.45) is -20.9. The number of carbonyl (C=O) groups excluding carboxylic acids is 2. The third-order valence-corrected chi connectivity index (χ3v) is 6.88. The Hall–Kier alpha value is -1.62. The maximum Gasteiger partial charge on any atom is 0.217 e. The number of hydrogen-bond donors (Lipinski definition) is 11. The molecule has 3 saturated heterocycles. The molecule has 0 aromatic heterocycles. The second-order valence-corrected chi connectivity index (χ2v) is 9.85. The highest BCUT2D eigenvalue weighted by Gasteiger charge is 2.52. The van der Waals surface area contributed by atoms with Gasteiger partial charge >= 0.3 is 0 Å². The first kappa shape index (κ1) is 32.9. The van der Waals surface area contributed by atoms with E-state index < -0.39 is 124 Å². The molecule has 0 aliphatic carbocycles. The van der Waals surface area contributed by atoms with E-state index in [-0.39, 0.29) is 0 Å². The van der Waals surface area contributed by atoms with Gasteiger partial charge in [-0.15, -0.1) is 0 Å². The lowest BCUT2D eigenvalue weighted by atomic mass is 9.95. The second kappa shape index (κ2) is 14.0. The molecule has 3 aliphatic heterocycles. The van der Waals surface area contributed by atoms with Gasteiger partial charge in [-0.1, -0.05) is 0 Å². The number of carbonyl (C=O) groups is 2. The van der Waals surface area contributed by atoms with E-state index in [0.29, 0.717) is 0 Å². The van der Waals surface area contributed by atoms with Crippen molar-refractivity contribution < 1.29 is 79.2 Å². The van der Waals surface area contributed by atoms with Gasteiger partial charge in [0, 0.05) is 13.8 Å². The van der Waals surface area contributed by atoms with Crippen molar-refractivity contribution in [2.45, 2.75) is 106 Å². The van der Waals surface area contributed by atoms with Crippen molar-refractivity contribution in [3.63, 3.8) is 0 Å². The fourth-order valence-electron chi connectivity index (χ4n) is 4.75. The Bertz CT molecular complexity index is 852. The van der Waals surface area contributed by atoms with E-state index in [4.69, 9.17) is 23.7 Å². The minimum absolute atomic E-state index is 0.588. The van der Waals surface area contributed by atoms with Gasteiger partial charge in [0.15, 0.2) is 18.9 Å². The van der Waals surface area contributed by atoms with Gasteiger partial charge in [0.25, 0.3) is 0 Å². The smallest absolute Gasteiger partial charge is 0.217 e. The number of aliphatic hydroxyl groups is 9. The Morgan fingerprint density at radius 1 is 0.650 bits per heavy atom. The summed E-state index contributed by atoms with van der Waals surface area (Å²) in [5.74, 6) is -1.24. The van der Waals surface area contributed by atoms with Gasteiger partial charge in [-0.3, -0.25) is 9.59 Å². The number of ether oxygens (including phenoxy) is 5. The summed E-state index contributed by atoms with van der Waals surface area (Å²) in [7, 11) is 0. The standard InChI is InChI=1S/C22H38N2O16/c1-6(27)23-11-16(32)13(29)8(3-25)38-21(11)36-5-10-15(31)18(34)19(20(35)37-10)40-22-12(24-7(2)28)17(33)14(30)9(4-26)39-22/h8-22,25-26,29-35H,3-5H2,1-2H3,(H,23,27)(H,24,28). The molecule has 2 amide bonds. The average molecular weight is 587 g/mol. The Balaban J connectivity index is 1.68. The van der Waals surface area contributed by atoms with Gasteiger partial charge in [-0.2, -0.15) is 0 Å². The fraction of sp³-hybridized carbons (Fsp3) is 0.909. The Morgan fingerprint density at radius 3 is 1.57 bits per heavy atom. The topological polar surface area (TPSA) is 286 Å². The molecule has 15 atom stereocenters. The minimum Gasteiger partial charge on any atom is -0.394 e. The summed E-state index contributed by atoms with van der Waals surface area (Å²) in [4.78, 5) is 23.2. The largest absolute Gasteiger partial charge is 0.394 e. The van der Waals surface area contributed by atoms with Crippen molar-refractivity contribution in [2.75, 3.05) is 19.8 Å². The van der Waals surface area contributed by atoms with Crippen molar-refractivity contribution in [3.8, 4) is 0 Å². The van der Waals surface area contributed by atoms with E-state index in [9.17, 15) is 55.5 Å². The summed E-state index contributed by atoms with van der Waals surface area (Å²) in [5.41, 5.74) is 0. The van der Waals surface area contributed by atoms with Crippen LogP contribution in [-0.2, 0) is 33.3 Å². The predicted molar refractivity (Wildman–Crippen MR) is 124 cm³/mol. The van der Waals surface area contributed by atoms with Crippen LogP contribution in [-0.4, -0.2) is 170 Å². The van der Waals surface area contributed by atoms with E-state index >= 15 is 0 Å². The molecule has 3 aliphatic rings. The highest BCUT2D eigenvalue weighted by atomic mass is 16.7. The molecule has 0 bridgehead atoms. The maximum absolute atomic E-state index is 11.6. The summed E-state index contributed by atoms with van der Waals surface area (Å²) in [6, 6.07) is -2.69. The number of rotatable bonds is 9. The summed E-state index contributed by atoms with van der Waals surface area (Å²) in [5, 5.41) is 96.5. The van der Waals surface area contributed by atoms with Crippen LogP contribution >= 0.6 is 0 Å². The first-order valence-corrected chi connectivity index (χ1v) is 12.6. The monoisotopic (exact) mass is 586 g/mol. The van der Waals surface area contributed by atoms with Crippen LogP contribution in [0.4, 0.5) is 0 Å². The predicted octanol–water partition coefficient (Wildman–Crippen LogP) is -7.29. The van der Waals surface area contributed by atoms with Gasteiger partial charge < -0.3 is 80.3 Å². The zero-order valence-corrected chi connectivity index (χ0v) is 21.7. The Labute approximate surface area is 228 Å². The van der Waals surface area contributed by atoms with Crippen molar-refractivity contribution in [2.24, 2.45) is 0 Å². The molecule has 0 saturated carbocycles. The number of amides is 2. The van der Waals surface area contributed by atoms with Gasteiger partial charge in [0.2, 0.25) is 11.8 Å². The van der Waals surface area contributed by atoms with Crippen molar-refractivity contribution in [1.82, 2.24) is 10.6 Å². The Morgan fingerprint density at radius 2 is 1.10 bits per heavy atom. The number of aliphatic hydroxyl groups excluding tert-OH is 9. The molecule has 0 aromatic carbocycles. The summed E-state index contributed by atoms with van der Waals surface area (Å²) >= 11 is 0. The van der Waals surface area contributed by atoms with Crippen LogP contribution in [0.2, 0.25) is 0 Å². The number of nitrogens with one attached hydrogen (secondary N) is 2. The van der Waals surface area contributed by atoms with E-state index in [0.717, 1.165) is 13.8 Å². The molecule has 0 aromatic rings. The molecular weight excluding hydrogens is 548 g/mol. The van der Waals surface area contributed by atoms with Crippen molar-refractivity contribution in [3.05, 3.63) is 0 Å². The van der Waals surface area contributed by atoms with E-state index in [1.807, 2.05) is 0 Å². The van der Waals surface area contributed by atoms with Crippen LogP contribution in [0.5, 0.6) is 0 Å². The summed E-state index contributed by atoms with van der Waals surface area (Å²) in [6.45, 7) is 0.227. The van der Waals surface area contributed by atoms with E-state index in [1.54, 1.807) is 0 Å². The quantitative estimate of drug-likeness (QED) is 0.120. The molecule has 40 heavy (non-hydrogen) atoms. The molecule has 0 spiro atoms. The molecule has 3 fully saturated rings. The lowest BCUT2D eigenvalue weighted by Crippen LogP contribution is -2.67. The highest BCUT2D eigenvalue weighted by Crippen LogP contribution is 2.30. The lowest BCUT2D eigenvalue weighted by Gasteiger charge is -2.46. The molecule has 18 heteroatoms. The molecule has 3 rings (SSSR count). The third kappa shape index (κ3) is 7.23. The van der Waals surface area contributed by atoms with Crippen molar-refractivity contribution >= 4 is 11.8 Å². The SMILES string of the molecule is CC(=O)NC1C(OCC2OC(O)C(OC3OC(CO)C(O)C(O)C3NC(C)=O)C(O)C2O)OC(CO)C(O)C1O. The van der Waals surface area contributed by atoms with Crippen LogP contribution in [0.1, 0.15) is 13.8 Å². The minimum atomic E-state index is -1.94. The average Bonchev–Trinajstić information content (AvgIpc) is 2.90. The molecule has 15 unspecified atom stereocenters. The van der Waals surface area contributed by atoms with Gasteiger partial charge in [-0.05, 0) is 0 Å². The van der Waals surface area contributed by atoms with Gasteiger partial charge in [0.1, 0.15) is 73.1 Å². The molecule has 11 N–H and O–H groups in total. The first-order chi connectivity index (χ1) is 18.8. The van der Waals surface area contributed by atoms with Gasteiger partial charge in [0.05, 0.1) is 19.8 Å². The second-order valence-electron chi connectivity index (χ2n) is 9.85. The third-order valence-electron chi connectivity index (χ3n) is 6.88. The van der Waals surface area contributed by atoms with Crippen LogP contribution in [0.15, 0.2) is 0 Å². The molecule has 18 nitrogen and oxygen atoms in total. The van der Waals surface area contributed by atoms with Crippen LogP contribution < -0.4 is 10.6 Å². The zero-order chi connectivity index (χ0) is 29.9. The maximum atomic E-state index is 11.6. The summed E-state index contributed by atoms with van der Waals surface area (Å²) < 4.78 is 27.2. The van der Waals surface area contributed by atoms with Crippen LogP contribution in [0.3, 0.4) is 0 Å². The fourth-order valence-corrected chi connectivity index (χ4v) is 4.75.